The Kier molecular flexibility index (Phi) is 3.26. The summed E-state index contributed by atoms with van der Waals surface area (Å²) in [6.45, 7) is 0. The monoisotopic (exact) mass is 204 g/mol. The number of hydrogen-bond donors (Lipinski definition) is 1. The third kappa shape index (κ3) is 1.64. The summed E-state index contributed by atoms with van der Waals surface area (Å²) in [5.41, 5.74) is 0. The predicted octanol–water partition coefficient (Wildman–Crippen LogP) is -0.277. The van der Waals surface area contributed by atoms with Gasteiger partial charge in [-0.15, -0.1) is 0 Å². The molecule has 0 aromatic carbocycles. The summed E-state index contributed by atoms with van der Waals surface area (Å²) in [5.74, 6) is 0. The summed E-state index contributed by atoms with van der Waals surface area (Å²) in [7, 11) is 3.95. The first-order valence-electron chi connectivity index (χ1n) is 3.89. The van der Waals surface area contributed by atoms with Gasteiger partial charge in [0, 0.05) is 14.2 Å². The average molecular weight is 204 g/mol. The molecule has 1 saturated heterocycles. The first kappa shape index (κ1) is 10.7. The topological polar surface area (TPSA) is 77.1 Å². The Bertz CT molecular complexity index is 244. The molecule has 2 atom stereocenters. The van der Waals surface area contributed by atoms with Crippen molar-refractivity contribution < 1.29 is 23.8 Å². The van der Waals surface area contributed by atoms with Crippen LogP contribution in [0.15, 0.2) is 0 Å². The quantitative estimate of drug-likeness (QED) is 0.669. The van der Waals surface area contributed by atoms with Gasteiger partial charge in [0.2, 0.25) is 0 Å². The molecule has 0 aromatic heterocycles. The number of nitrogens with one attached hydrogen (secondary N) is 1. The molecule has 0 spiro atoms. The van der Waals surface area contributed by atoms with Crippen LogP contribution in [-0.2, 0) is 14.2 Å². The molecule has 0 bridgehead atoms. The summed E-state index contributed by atoms with van der Waals surface area (Å²) >= 11 is 0. The van der Waals surface area contributed by atoms with Crippen LogP contribution in [0.25, 0.3) is 0 Å². The van der Waals surface area contributed by atoms with Crippen molar-refractivity contribution in [2.45, 2.75) is 12.5 Å². The van der Waals surface area contributed by atoms with E-state index in [4.69, 9.17) is 9.47 Å². The number of carbonyl (C=O) groups excluding carboxylic acids is 2. The fourth-order valence-electron chi connectivity index (χ4n) is 1.20. The number of methoxy groups -OCH3 is 3. The van der Waals surface area contributed by atoms with Gasteiger partial charge in [0.15, 0.2) is 12.5 Å². The Morgan fingerprint density at radius 3 is 2.43 bits per heavy atom. The van der Waals surface area contributed by atoms with Gasteiger partial charge in [-0.25, -0.2) is 9.59 Å². The Morgan fingerprint density at radius 1 is 1.36 bits per heavy atom. The maximum Gasteiger partial charge on any atom is 0.420 e. The second kappa shape index (κ2) is 4.25. The van der Waals surface area contributed by atoms with Crippen LogP contribution in [0, 0.1) is 0 Å². The molecule has 1 aliphatic heterocycles. The van der Waals surface area contributed by atoms with E-state index in [0.29, 0.717) is 0 Å². The number of imide groups is 1. The molecule has 1 aliphatic rings. The Labute approximate surface area is 80.9 Å². The lowest BCUT2D eigenvalue weighted by Crippen LogP contribution is -2.42. The van der Waals surface area contributed by atoms with E-state index < -0.39 is 24.6 Å². The molecule has 0 aliphatic carbocycles. The molecule has 80 valence electrons. The molecule has 3 amide bonds. The van der Waals surface area contributed by atoms with E-state index in [1.165, 1.54) is 21.3 Å². The Hall–Kier alpha value is -1.34. The highest BCUT2D eigenvalue weighted by molar-refractivity contribution is 5.93. The van der Waals surface area contributed by atoms with E-state index in [-0.39, 0.29) is 0 Å². The highest BCUT2D eigenvalue weighted by atomic mass is 16.6. The van der Waals surface area contributed by atoms with Crippen molar-refractivity contribution in [2.24, 2.45) is 0 Å². The van der Waals surface area contributed by atoms with E-state index in [1.54, 1.807) is 0 Å². The third-order valence-electron chi connectivity index (χ3n) is 1.86. The SMILES string of the molecule is COC(=O)N1C(=O)N[C@H](OC)[C@H]1OC. The van der Waals surface area contributed by atoms with E-state index >= 15 is 0 Å². The van der Waals surface area contributed by atoms with Gasteiger partial charge in [0.05, 0.1) is 7.11 Å². The highest BCUT2D eigenvalue weighted by Gasteiger charge is 2.44. The van der Waals surface area contributed by atoms with Crippen molar-refractivity contribution >= 4 is 12.1 Å². The van der Waals surface area contributed by atoms with Crippen molar-refractivity contribution in [3.8, 4) is 0 Å². The van der Waals surface area contributed by atoms with Crippen molar-refractivity contribution in [1.29, 1.82) is 0 Å². The van der Waals surface area contributed by atoms with Gasteiger partial charge in [0.1, 0.15) is 0 Å². The van der Waals surface area contributed by atoms with Crippen LogP contribution >= 0.6 is 0 Å². The molecule has 1 rings (SSSR count). The first-order valence-corrected chi connectivity index (χ1v) is 3.89. The summed E-state index contributed by atoms with van der Waals surface area (Å²) in [5, 5.41) is 2.41. The van der Waals surface area contributed by atoms with Crippen LogP contribution in [0.2, 0.25) is 0 Å². The number of carbonyl (C=O) groups is 2. The first-order chi connectivity index (χ1) is 6.65. The number of hydrogen-bond acceptors (Lipinski definition) is 5. The zero-order valence-electron chi connectivity index (χ0n) is 8.14. The van der Waals surface area contributed by atoms with Gasteiger partial charge >= 0.3 is 12.1 Å². The molecule has 14 heavy (non-hydrogen) atoms. The van der Waals surface area contributed by atoms with Gasteiger partial charge in [0.25, 0.3) is 0 Å². The van der Waals surface area contributed by atoms with Crippen LogP contribution in [-0.4, -0.2) is 50.8 Å². The zero-order valence-corrected chi connectivity index (χ0v) is 8.14. The molecule has 0 aromatic rings. The standard InChI is InChI=1S/C7H12N2O5/c1-12-4-5(13-2)9(6(10)8-4)7(11)14-3/h4-5H,1-3H3,(H,8,10)/t4-,5-/m1/s1. The molecule has 7 nitrogen and oxygen atoms in total. The third-order valence-corrected chi connectivity index (χ3v) is 1.86. The molecule has 0 radical (unpaired) electrons. The molecular weight excluding hydrogens is 192 g/mol. The second-order valence-electron chi connectivity index (χ2n) is 2.57. The minimum atomic E-state index is -0.806. The Morgan fingerprint density at radius 2 is 2.00 bits per heavy atom. The summed E-state index contributed by atoms with van der Waals surface area (Å²) < 4.78 is 14.3. The number of nitrogens with zero attached hydrogens (tertiary/aromatic N) is 1. The minimum absolute atomic E-state index is 0.601. The molecule has 0 saturated carbocycles. The number of ether oxygens (including phenoxy) is 3. The number of rotatable bonds is 2. The van der Waals surface area contributed by atoms with Gasteiger partial charge in [-0.3, -0.25) is 0 Å². The summed E-state index contributed by atoms with van der Waals surface area (Å²) in [6, 6.07) is -0.601. The van der Waals surface area contributed by atoms with Crippen molar-refractivity contribution in [3.63, 3.8) is 0 Å². The van der Waals surface area contributed by atoms with E-state index in [9.17, 15) is 9.59 Å². The van der Waals surface area contributed by atoms with Crippen LogP contribution in [0.1, 0.15) is 0 Å². The van der Waals surface area contributed by atoms with Crippen molar-refractivity contribution in [1.82, 2.24) is 10.2 Å². The number of amides is 3. The lowest BCUT2D eigenvalue weighted by molar-refractivity contribution is -0.0727. The van der Waals surface area contributed by atoms with Crippen LogP contribution in [0.5, 0.6) is 0 Å². The summed E-state index contributed by atoms with van der Waals surface area (Å²) in [4.78, 5) is 23.2. The smallest absolute Gasteiger partial charge is 0.420 e. The van der Waals surface area contributed by atoms with Crippen LogP contribution in [0.3, 0.4) is 0 Å². The molecule has 1 fully saturated rings. The van der Waals surface area contributed by atoms with Crippen molar-refractivity contribution in [2.75, 3.05) is 21.3 Å². The average Bonchev–Trinajstić information content (AvgIpc) is 2.53. The molecule has 0 unspecified atom stereocenters. The molecule has 1 heterocycles. The fraction of sp³-hybridized carbons (Fsp3) is 0.714. The maximum absolute atomic E-state index is 11.3. The van der Waals surface area contributed by atoms with Gasteiger partial charge in [-0.05, 0) is 0 Å². The zero-order chi connectivity index (χ0) is 10.7. The van der Waals surface area contributed by atoms with Crippen LogP contribution in [0.4, 0.5) is 9.59 Å². The highest BCUT2D eigenvalue weighted by Crippen LogP contribution is 2.15. The van der Waals surface area contributed by atoms with Gasteiger partial charge < -0.3 is 19.5 Å². The Balaban J connectivity index is 2.82. The predicted molar refractivity (Wildman–Crippen MR) is 44.4 cm³/mol. The molecule has 1 N–H and O–H groups in total. The van der Waals surface area contributed by atoms with Crippen molar-refractivity contribution in [3.05, 3.63) is 0 Å². The minimum Gasteiger partial charge on any atom is -0.452 e. The molecule has 7 heteroatoms. The lowest BCUT2D eigenvalue weighted by atomic mass is 10.5. The number of urea groups is 1. The fourth-order valence-corrected chi connectivity index (χ4v) is 1.20. The second-order valence-corrected chi connectivity index (χ2v) is 2.57. The largest absolute Gasteiger partial charge is 0.452 e. The van der Waals surface area contributed by atoms with E-state index in [0.717, 1.165) is 4.90 Å². The lowest BCUT2D eigenvalue weighted by Gasteiger charge is -2.20. The van der Waals surface area contributed by atoms with Gasteiger partial charge in [-0.2, -0.15) is 4.90 Å². The normalized spacial score (nSPS) is 26.2. The van der Waals surface area contributed by atoms with E-state index in [1.807, 2.05) is 0 Å². The van der Waals surface area contributed by atoms with Gasteiger partial charge in [-0.1, -0.05) is 0 Å². The maximum atomic E-state index is 11.3. The summed E-state index contributed by atoms with van der Waals surface area (Å²) in [6.07, 6.45) is -2.26. The van der Waals surface area contributed by atoms with E-state index in [2.05, 4.69) is 10.1 Å². The molecular formula is C7H12N2O5. The van der Waals surface area contributed by atoms with Crippen LogP contribution < -0.4 is 5.32 Å².